The molecular weight excluding hydrogens is 357 g/mol. The van der Waals surface area contributed by atoms with Crippen LogP contribution in [0.1, 0.15) is 16.7 Å². The molecule has 2 aromatic carbocycles. The highest BCUT2D eigenvalue weighted by atomic mass is 19.1. The lowest BCUT2D eigenvalue weighted by molar-refractivity contribution is -0.115. The lowest BCUT2D eigenvalue weighted by Gasteiger charge is -2.05. The molecule has 0 bridgehead atoms. The monoisotopic (exact) mass is 375 g/mol. The number of amidine groups is 2. The number of carbonyl (C=O) groups is 1. The van der Waals surface area contributed by atoms with Gasteiger partial charge in [0, 0.05) is 11.3 Å². The largest absolute Gasteiger partial charge is 0.496 e. The molecule has 3 rings (SSSR count). The summed E-state index contributed by atoms with van der Waals surface area (Å²) in [4.78, 5) is 11.0. The highest BCUT2D eigenvalue weighted by Crippen LogP contribution is 2.23. The molecule has 1 heterocycles. The SMILES string of the molecule is COc1ccc(F)cc1/C(N)=N/O.N/C(=N\O)c1ccc2c(c1)CC(=O)N2. The van der Waals surface area contributed by atoms with Crippen LogP contribution in [-0.4, -0.2) is 35.1 Å². The first-order chi connectivity index (χ1) is 12.9. The zero-order valence-corrected chi connectivity index (χ0v) is 14.3. The summed E-state index contributed by atoms with van der Waals surface area (Å²) in [6, 6.07) is 8.94. The van der Waals surface area contributed by atoms with Crippen LogP contribution in [0.25, 0.3) is 0 Å². The predicted octanol–water partition coefficient (Wildman–Crippen LogP) is 1.20. The number of anilines is 1. The second kappa shape index (κ2) is 8.52. The van der Waals surface area contributed by atoms with E-state index in [2.05, 4.69) is 15.6 Å². The zero-order valence-electron chi connectivity index (χ0n) is 14.3. The highest BCUT2D eigenvalue weighted by molar-refractivity contribution is 6.02. The van der Waals surface area contributed by atoms with Gasteiger partial charge in [-0.25, -0.2) is 4.39 Å². The maximum atomic E-state index is 12.7. The third kappa shape index (κ3) is 4.63. The molecule has 1 aliphatic rings. The average molecular weight is 375 g/mol. The number of ether oxygens (including phenoxy) is 1. The van der Waals surface area contributed by atoms with Crippen LogP contribution < -0.4 is 21.5 Å². The van der Waals surface area contributed by atoms with E-state index in [9.17, 15) is 9.18 Å². The molecule has 142 valence electrons. The standard InChI is InChI=1S/C9H9N3O2.C8H9FN2O2/c10-9(12-14)5-1-2-7-6(3-5)4-8(13)11-7;1-13-7-3-2-5(9)4-6(7)8(10)11-12/h1-3,14H,4H2,(H2,10,12)(H,11,13);2-4,12H,1H3,(H2,10,11). The molecule has 9 nitrogen and oxygen atoms in total. The minimum Gasteiger partial charge on any atom is -0.496 e. The summed E-state index contributed by atoms with van der Waals surface area (Å²) in [5.74, 6) is -0.278. The molecule has 0 radical (unpaired) electrons. The van der Waals surface area contributed by atoms with Gasteiger partial charge in [-0.2, -0.15) is 0 Å². The molecular formula is C17H18FN5O4. The lowest BCUT2D eigenvalue weighted by atomic mass is 10.1. The number of carbonyl (C=O) groups excluding carboxylic acids is 1. The number of nitrogens with two attached hydrogens (primary N) is 2. The Bertz CT molecular complexity index is 914. The molecule has 1 aliphatic heterocycles. The molecule has 0 saturated heterocycles. The van der Waals surface area contributed by atoms with Gasteiger partial charge in [0.15, 0.2) is 11.7 Å². The van der Waals surface area contributed by atoms with E-state index in [4.69, 9.17) is 26.6 Å². The van der Waals surface area contributed by atoms with Crippen molar-refractivity contribution < 1.29 is 24.3 Å². The first-order valence-corrected chi connectivity index (χ1v) is 7.61. The fraction of sp³-hybridized carbons (Fsp3) is 0.118. The van der Waals surface area contributed by atoms with Crippen LogP contribution in [-0.2, 0) is 11.2 Å². The van der Waals surface area contributed by atoms with E-state index in [0.29, 0.717) is 17.7 Å². The van der Waals surface area contributed by atoms with Crippen molar-refractivity contribution in [2.24, 2.45) is 21.8 Å². The molecule has 0 unspecified atom stereocenters. The maximum Gasteiger partial charge on any atom is 0.228 e. The van der Waals surface area contributed by atoms with Gasteiger partial charge in [-0.3, -0.25) is 4.79 Å². The number of nitrogens with one attached hydrogen (secondary N) is 1. The molecule has 0 aromatic heterocycles. The fourth-order valence-electron chi connectivity index (χ4n) is 2.38. The Morgan fingerprint density at radius 1 is 1.15 bits per heavy atom. The Balaban J connectivity index is 0.000000194. The van der Waals surface area contributed by atoms with Gasteiger partial charge in [0.2, 0.25) is 5.91 Å². The van der Waals surface area contributed by atoms with Crippen LogP contribution in [0.3, 0.4) is 0 Å². The van der Waals surface area contributed by atoms with Crippen molar-refractivity contribution in [2.45, 2.75) is 6.42 Å². The van der Waals surface area contributed by atoms with Gasteiger partial charge >= 0.3 is 0 Å². The van der Waals surface area contributed by atoms with Gasteiger partial charge in [-0.1, -0.05) is 10.3 Å². The molecule has 0 fully saturated rings. The van der Waals surface area contributed by atoms with E-state index in [0.717, 1.165) is 17.3 Å². The molecule has 0 saturated carbocycles. The van der Waals surface area contributed by atoms with Crippen molar-refractivity contribution in [2.75, 3.05) is 12.4 Å². The van der Waals surface area contributed by atoms with Gasteiger partial charge in [0.05, 0.1) is 19.1 Å². The number of benzene rings is 2. The molecule has 7 N–H and O–H groups in total. The second-order valence-electron chi connectivity index (χ2n) is 5.41. The highest BCUT2D eigenvalue weighted by Gasteiger charge is 2.17. The summed E-state index contributed by atoms with van der Waals surface area (Å²) in [7, 11) is 1.42. The van der Waals surface area contributed by atoms with Gasteiger partial charge in [-0.15, -0.1) is 0 Å². The molecule has 27 heavy (non-hydrogen) atoms. The smallest absolute Gasteiger partial charge is 0.228 e. The summed E-state index contributed by atoms with van der Waals surface area (Å²) >= 11 is 0. The summed E-state index contributed by atoms with van der Waals surface area (Å²) < 4.78 is 17.6. The number of oxime groups is 2. The summed E-state index contributed by atoms with van der Waals surface area (Å²) in [5, 5.41) is 25.2. The Morgan fingerprint density at radius 3 is 2.48 bits per heavy atom. The van der Waals surface area contributed by atoms with Crippen LogP contribution in [0.15, 0.2) is 46.7 Å². The maximum absolute atomic E-state index is 12.7. The third-order valence-electron chi connectivity index (χ3n) is 3.68. The quantitative estimate of drug-likeness (QED) is 0.235. The van der Waals surface area contributed by atoms with E-state index < -0.39 is 5.82 Å². The van der Waals surface area contributed by atoms with Crippen LogP contribution in [0.5, 0.6) is 5.75 Å². The molecule has 0 atom stereocenters. The van der Waals surface area contributed by atoms with Crippen molar-refractivity contribution in [3.8, 4) is 5.75 Å². The van der Waals surface area contributed by atoms with Crippen LogP contribution in [0, 0.1) is 5.82 Å². The van der Waals surface area contributed by atoms with E-state index >= 15 is 0 Å². The Kier molecular flexibility index (Phi) is 6.15. The minimum absolute atomic E-state index is 0.0309. The number of fused-ring (bicyclic) bond motifs is 1. The second-order valence-corrected chi connectivity index (χ2v) is 5.41. The van der Waals surface area contributed by atoms with Crippen LogP contribution in [0.4, 0.5) is 10.1 Å². The predicted molar refractivity (Wildman–Crippen MR) is 96.7 cm³/mol. The third-order valence-corrected chi connectivity index (χ3v) is 3.68. The zero-order chi connectivity index (χ0) is 20.0. The van der Waals surface area contributed by atoms with E-state index in [1.54, 1.807) is 18.2 Å². The molecule has 2 aromatic rings. The number of rotatable bonds is 3. The normalized spacial score (nSPS) is 13.3. The first-order valence-electron chi connectivity index (χ1n) is 7.61. The number of amides is 1. The minimum atomic E-state index is -0.470. The van der Waals surface area contributed by atoms with Gasteiger partial charge in [0.1, 0.15) is 11.6 Å². The summed E-state index contributed by atoms with van der Waals surface area (Å²) in [5.41, 5.74) is 13.2. The van der Waals surface area contributed by atoms with Gasteiger partial charge < -0.3 is 31.9 Å². The fourth-order valence-corrected chi connectivity index (χ4v) is 2.38. The Hall–Kier alpha value is -3.82. The number of halogens is 1. The van der Waals surface area contributed by atoms with Crippen molar-refractivity contribution in [3.05, 3.63) is 58.9 Å². The van der Waals surface area contributed by atoms with Crippen molar-refractivity contribution in [1.82, 2.24) is 0 Å². The lowest BCUT2D eigenvalue weighted by Crippen LogP contribution is -2.14. The summed E-state index contributed by atoms with van der Waals surface area (Å²) in [6.45, 7) is 0. The first kappa shape index (κ1) is 19.5. The Labute approximate surface area is 153 Å². The van der Waals surface area contributed by atoms with E-state index in [1.807, 2.05) is 0 Å². The summed E-state index contributed by atoms with van der Waals surface area (Å²) in [6.07, 6.45) is 0.349. The van der Waals surface area contributed by atoms with E-state index in [1.165, 1.54) is 19.2 Å². The van der Waals surface area contributed by atoms with Gasteiger partial charge in [-0.05, 0) is 42.0 Å². The Morgan fingerprint density at radius 2 is 1.85 bits per heavy atom. The number of methoxy groups -OCH3 is 1. The van der Waals surface area contributed by atoms with Crippen LogP contribution >= 0.6 is 0 Å². The van der Waals surface area contributed by atoms with Crippen molar-refractivity contribution in [3.63, 3.8) is 0 Å². The average Bonchev–Trinajstić information content (AvgIpc) is 3.06. The molecule has 10 heteroatoms. The van der Waals surface area contributed by atoms with Gasteiger partial charge in [0.25, 0.3) is 0 Å². The number of hydrogen-bond acceptors (Lipinski definition) is 6. The number of nitrogens with zero attached hydrogens (tertiary/aromatic N) is 2. The molecule has 1 amide bonds. The van der Waals surface area contributed by atoms with Crippen molar-refractivity contribution >= 4 is 23.3 Å². The molecule has 0 spiro atoms. The topological polar surface area (TPSA) is 156 Å². The van der Waals surface area contributed by atoms with Crippen LogP contribution in [0.2, 0.25) is 0 Å². The molecule has 0 aliphatic carbocycles. The van der Waals surface area contributed by atoms with E-state index in [-0.39, 0.29) is 23.1 Å². The number of hydrogen-bond donors (Lipinski definition) is 5. The van der Waals surface area contributed by atoms with Crippen molar-refractivity contribution in [1.29, 1.82) is 0 Å².